The van der Waals surface area contributed by atoms with Crippen LogP contribution in [0.1, 0.15) is 22.9 Å². The second-order valence-corrected chi connectivity index (χ2v) is 5.35. The Balaban J connectivity index is 1.83. The first-order valence-corrected chi connectivity index (χ1v) is 6.94. The van der Waals surface area contributed by atoms with Crippen LogP contribution in [0.25, 0.3) is 21.9 Å². The molecular formula is C18H15NO2. The van der Waals surface area contributed by atoms with E-state index in [9.17, 15) is 0 Å². The molecule has 0 aliphatic rings. The lowest BCUT2D eigenvalue weighted by Crippen LogP contribution is -2.10. The highest BCUT2D eigenvalue weighted by Crippen LogP contribution is 2.32. The Morgan fingerprint density at radius 1 is 1.00 bits per heavy atom. The van der Waals surface area contributed by atoms with Crippen LogP contribution in [0.15, 0.2) is 63.6 Å². The van der Waals surface area contributed by atoms with Crippen molar-refractivity contribution in [2.75, 3.05) is 0 Å². The molecule has 0 fully saturated rings. The molecule has 4 aromatic rings. The van der Waals surface area contributed by atoms with Gasteiger partial charge in [-0.2, -0.15) is 0 Å². The van der Waals surface area contributed by atoms with Gasteiger partial charge in [0.15, 0.2) is 0 Å². The van der Waals surface area contributed by atoms with Gasteiger partial charge in [0.1, 0.15) is 16.9 Å². The highest BCUT2D eigenvalue weighted by Gasteiger charge is 2.18. The van der Waals surface area contributed by atoms with E-state index in [4.69, 9.17) is 14.6 Å². The number of furan rings is 2. The topological polar surface area (TPSA) is 52.3 Å². The maximum atomic E-state index is 6.37. The molecule has 2 heterocycles. The summed E-state index contributed by atoms with van der Waals surface area (Å²) in [5, 5.41) is 2.11. The number of aryl methyl sites for hydroxylation is 1. The smallest absolute Gasteiger partial charge is 0.134 e. The summed E-state index contributed by atoms with van der Waals surface area (Å²) in [6.07, 6.45) is 1.72. The Morgan fingerprint density at radius 2 is 1.86 bits per heavy atom. The quantitative estimate of drug-likeness (QED) is 0.585. The third kappa shape index (κ3) is 1.94. The van der Waals surface area contributed by atoms with Crippen LogP contribution in [-0.4, -0.2) is 0 Å². The fraction of sp³-hybridized carbons (Fsp3) is 0.111. The van der Waals surface area contributed by atoms with E-state index in [-0.39, 0.29) is 6.04 Å². The number of hydrogen-bond acceptors (Lipinski definition) is 3. The summed E-state index contributed by atoms with van der Waals surface area (Å²) >= 11 is 0. The van der Waals surface area contributed by atoms with Crippen LogP contribution < -0.4 is 5.73 Å². The molecular weight excluding hydrogens is 262 g/mol. The molecule has 0 saturated heterocycles. The van der Waals surface area contributed by atoms with Gasteiger partial charge in [-0.1, -0.05) is 29.8 Å². The van der Waals surface area contributed by atoms with E-state index < -0.39 is 0 Å². The van der Waals surface area contributed by atoms with E-state index in [0.29, 0.717) is 0 Å². The zero-order valence-corrected chi connectivity index (χ0v) is 11.7. The Kier molecular flexibility index (Phi) is 2.62. The van der Waals surface area contributed by atoms with E-state index in [0.717, 1.165) is 33.3 Å². The van der Waals surface area contributed by atoms with Gasteiger partial charge in [0.05, 0.1) is 12.3 Å². The Hall–Kier alpha value is -2.52. The average Bonchev–Trinajstić information content (AvgIpc) is 3.09. The first-order chi connectivity index (χ1) is 10.2. The summed E-state index contributed by atoms with van der Waals surface area (Å²) < 4.78 is 11.5. The molecule has 2 N–H and O–H groups in total. The molecule has 0 aliphatic heterocycles. The van der Waals surface area contributed by atoms with Gasteiger partial charge in [0, 0.05) is 16.3 Å². The second-order valence-electron chi connectivity index (χ2n) is 5.35. The summed E-state index contributed by atoms with van der Waals surface area (Å²) in [4.78, 5) is 0. The maximum absolute atomic E-state index is 6.37. The number of rotatable bonds is 2. The summed E-state index contributed by atoms with van der Waals surface area (Å²) in [5.41, 5.74) is 10.2. The molecule has 0 amide bonds. The number of hydrogen-bond donors (Lipinski definition) is 1. The number of benzene rings is 2. The first-order valence-electron chi connectivity index (χ1n) is 6.94. The van der Waals surface area contributed by atoms with Gasteiger partial charge >= 0.3 is 0 Å². The highest BCUT2D eigenvalue weighted by molar-refractivity contribution is 5.83. The van der Waals surface area contributed by atoms with Gasteiger partial charge in [0.2, 0.25) is 0 Å². The third-order valence-electron chi connectivity index (χ3n) is 3.84. The van der Waals surface area contributed by atoms with Gasteiger partial charge < -0.3 is 14.6 Å². The maximum Gasteiger partial charge on any atom is 0.134 e. The lowest BCUT2D eigenvalue weighted by molar-refractivity contribution is 0.521. The van der Waals surface area contributed by atoms with Crippen LogP contribution >= 0.6 is 0 Å². The van der Waals surface area contributed by atoms with E-state index >= 15 is 0 Å². The fourth-order valence-electron chi connectivity index (χ4n) is 2.73. The van der Waals surface area contributed by atoms with Crippen LogP contribution in [0, 0.1) is 6.92 Å². The van der Waals surface area contributed by atoms with E-state index in [1.54, 1.807) is 6.26 Å². The largest absolute Gasteiger partial charge is 0.464 e. The second kappa shape index (κ2) is 4.50. The van der Waals surface area contributed by atoms with Crippen LogP contribution in [0.3, 0.4) is 0 Å². The Morgan fingerprint density at radius 3 is 2.76 bits per heavy atom. The Labute approximate surface area is 122 Å². The Bertz CT molecular complexity index is 933. The van der Waals surface area contributed by atoms with Crippen LogP contribution in [0.4, 0.5) is 0 Å². The van der Waals surface area contributed by atoms with Crippen LogP contribution in [0.5, 0.6) is 0 Å². The minimum Gasteiger partial charge on any atom is -0.464 e. The summed E-state index contributed by atoms with van der Waals surface area (Å²) in [6.45, 7) is 2.07. The van der Waals surface area contributed by atoms with E-state index in [1.807, 2.05) is 42.5 Å². The van der Waals surface area contributed by atoms with Crippen molar-refractivity contribution in [2.24, 2.45) is 5.73 Å². The van der Waals surface area contributed by atoms with Gasteiger partial charge in [-0.05, 0) is 31.2 Å². The minimum absolute atomic E-state index is 0.332. The van der Waals surface area contributed by atoms with Crippen molar-refractivity contribution in [1.82, 2.24) is 0 Å². The molecule has 0 aliphatic carbocycles. The molecule has 0 bridgehead atoms. The molecule has 4 rings (SSSR count). The van der Waals surface area contributed by atoms with Gasteiger partial charge in [0.25, 0.3) is 0 Å². The molecule has 2 aromatic carbocycles. The van der Waals surface area contributed by atoms with Crippen molar-refractivity contribution < 1.29 is 8.83 Å². The predicted octanol–water partition coefficient (Wildman–Crippen LogP) is 4.54. The first kappa shape index (κ1) is 12.2. The number of fused-ring (bicyclic) bond motifs is 2. The van der Waals surface area contributed by atoms with Crippen LogP contribution in [-0.2, 0) is 0 Å². The summed E-state index contributed by atoms with van der Waals surface area (Å²) in [5.74, 6) is 0.752. The molecule has 21 heavy (non-hydrogen) atoms. The van der Waals surface area contributed by atoms with Crippen molar-refractivity contribution in [3.8, 4) is 0 Å². The lowest BCUT2D eigenvalue weighted by Gasteiger charge is -2.06. The van der Waals surface area contributed by atoms with Gasteiger partial charge in [-0.3, -0.25) is 0 Å². The summed E-state index contributed by atoms with van der Waals surface area (Å²) in [7, 11) is 0. The minimum atomic E-state index is -0.332. The third-order valence-corrected chi connectivity index (χ3v) is 3.84. The SMILES string of the molecule is Cc1ccc2oc(C(N)c3coc4ccccc34)cc2c1. The normalized spacial score (nSPS) is 13.0. The standard InChI is InChI=1S/C18H15NO2/c1-11-6-7-15-12(8-11)9-17(21-15)18(19)14-10-20-16-5-3-2-4-13(14)16/h2-10,18H,19H2,1H3. The molecule has 3 heteroatoms. The zero-order chi connectivity index (χ0) is 14.4. The molecule has 1 atom stereocenters. The lowest BCUT2D eigenvalue weighted by atomic mass is 10.0. The number of para-hydroxylation sites is 1. The highest BCUT2D eigenvalue weighted by atomic mass is 16.3. The molecule has 1 unspecified atom stereocenters. The van der Waals surface area contributed by atoms with Crippen molar-refractivity contribution in [3.05, 3.63) is 71.7 Å². The van der Waals surface area contributed by atoms with Crippen LogP contribution in [0.2, 0.25) is 0 Å². The zero-order valence-electron chi connectivity index (χ0n) is 11.7. The van der Waals surface area contributed by atoms with Gasteiger partial charge in [-0.25, -0.2) is 0 Å². The molecule has 0 spiro atoms. The van der Waals surface area contributed by atoms with Crippen molar-refractivity contribution in [1.29, 1.82) is 0 Å². The summed E-state index contributed by atoms with van der Waals surface area (Å²) in [6, 6.07) is 15.7. The molecule has 0 saturated carbocycles. The molecule has 104 valence electrons. The number of nitrogens with two attached hydrogens (primary N) is 1. The van der Waals surface area contributed by atoms with E-state index in [2.05, 4.69) is 13.0 Å². The fourth-order valence-corrected chi connectivity index (χ4v) is 2.73. The molecule has 0 radical (unpaired) electrons. The molecule has 3 nitrogen and oxygen atoms in total. The van der Waals surface area contributed by atoms with Gasteiger partial charge in [-0.15, -0.1) is 0 Å². The van der Waals surface area contributed by atoms with E-state index in [1.165, 1.54) is 5.56 Å². The molecule has 2 aromatic heterocycles. The monoisotopic (exact) mass is 277 g/mol. The van der Waals surface area contributed by atoms with Crippen molar-refractivity contribution in [2.45, 2.75) is 13.0 Å². The predicted molar refractivity (Wildman–Crippen MR) is 83.2 cm³/mol. The van der Waals surface area contributed by atoms with Crippen molar-refractivity contribution in [3.63, 3.8) is 0 Å². The average molecular weight is 277 g/mol. The van der Waals surface area contributed by atoms with Crippen molar-refractivity contribution >= 4 is 21.9 Å².